The second-order valence-electron chi connectivity index (χ2n) is 2.31. The number of thioether (sulfide) groups is 1. The summed E-state index contributed by atoms with van der Waals surface area (Å²) in [5, 5.41) is 0. The summed E-state index contributed by atoms with van der Waals surface area (Å²) >= 11 is 1.59. The number of hydrogen-bond donors (Lipinski definition) is 2. The maximum atomic E-state index is 5.39. The van der Waals surface area contributed by atoms with Gasteiger partial charge in [0.15, 0.2) is 0 Å². The molecule has 1 aliphatic heterocycles. The van der Waals surface area contributed by atoms with Crippen LogP contribution in [-0.2, 0) is 4.74 Å². The molecule has 1 heterocycles. The van der Waals surface area contributed by atoms with Crippen LogP contribution >= 0.6 is 11.8 Å². The van der Waals surface area contributed by atoms with Crippen LogP contribution in [0.1, 0.15) is 0 Å². The van der Waals surface area contributed by atoms with Gasteiger partial charge in [-0.1, -0.05) is 18.3 Å². The van der Waals surface area contributed by atoms with Crippen LogP contribution in [0.3, 0.4) is 0 Å². The van der Waals surface area contributed by atoms with E-state index in [1.54, 1.807) is 11.8 Å². The molecule has 66 valence electrons. The lowest BCUT2D eigenvalue weighted by molar-refractivity contribution is 0.296. The molecular formula is C8H12N2OS. The van der Waals surface area contributed by atoms with Crippen molar-refractivity contribution < 1.29 is 4.74 Å². The van der Waals surface area contributed by atoms with E-state index in [-0.39, 0.29) is 0 Å². The first kappa shape index (κ1) is 9.22. The number of hydrogen-bond acceptors (Lipinski definition) is 4. The number of rotatable bonds is 2. The zero-order valence-electron chi connectivity index (χ0n) is 6.75. The van der Waals surface area contributed by atoms with Gasteiger partial charge in [-0.05, 0) is 11.6 Å². The molecule has 1 rings (SSSR count). The van der Waals surface area contributed by atoms with Crippen molar-refractivity contribution in [3.8, 4) is 0 Å². The van der Waals surface area contributed by atoms with Crippen molar-refractivity contribution in [3.05, 3.63) is 35.1 Å². The SMILES string of the molecule is C=C(/C=C1/SCO/C1=C/N)CN. The zero-order chi connectivity index (χ0) is 8.97. The second kappa shape index (κ2) is 4.23. The van der Waals surface area contributed by atoms with E-state index in [4.69, 9.17) is 16.2 Å². The molecule has 1 aliphatic rings. The summed E-state index contributed by atoms with van der Waals surface area (Å²) in [5.74, 6) is 1.33. The van der Waals surface area contributed by atoms with Crippen LogP contribution in [0.4, 0.5) is 0 Å². The van der Waals surface area contributed by atoms with Gasteiger partial charge in [-0.2, -0.15) is 0 Å². The maximum absolute atomic E-state index is 5.39. The molecular weight excluding hydrogens is 172 g/mol. The van der Waals surface area contributed by atoms with Gasteiger partial charge in [-0.3, -0.25) is 0 Å². The van der Waals surface area contributed by atoms with Crippen molar-refractivity contribution in [2.45, 2.75) is 0 Å². The smallest absolute Gasteiger partial charge is 0.149 e. The second-order valence-corrected chi connectivity index (χ2v) is 3.27. The Balaban J connectivity index is 2.74. The van der Waals surface area contributed by atoms with Gasteiger partial charge in [0.2, 0.25) is 0 Å². The Labute approximate surface area is 76.1 Å². The highest BCUT2D eigenvalue weighted by Gasteiger charge is 2.14. The summed E-state index contributed by atoms with van der Waals surface area (Å²) in [7, 11) is 0. The van der Waals surface area contributed by atoms with Crippen molar-refractivity contribution in [1.29, 1.82) is 0 Å². The Morgan fingerprint density at radius 1 is 1.75 bits per heavy atom. The van der Waals surface area contributed by atoms with E-state index in [9.17, 15) is 0 Å². The standard InChI is InChI=1S/C8H12N2OS/c1-6(3-9)2-8-7(4-10)11-5-12-8/h2,4H,1,3,5,9-10H2/b7-4+,8-2+. The molecule has 0 aromatic carbocycles. The fourth-order valence-corrected chi connectivity index (χ4v) is 1.62. The molecule has 0 saturated carbocycles. The first-order valence-electron chi connectivity index (χ1n) is 3.55. The highest BCUT2D eigenvalue weighted by molar-refractivity contribution is 8.03. The van der Waals surface area contributed by atoms with E-state index in [0.717, 1.165) is 16.2 Å². The molecule has 1 saturated heterocycles. The monoisotopic (exact) mass is 184 g/mol. The molecule has 0 radical (unpaired) electrons. The Hall–Kier alpha value is -0.870. The summed E-state index contributed by atoms with van der Waals surface area (Å²) in [4.78, 5) is 1.01. The number of ether oxygens (including phenoxy) is 1. The number of nitrogens with two attached hydrogens (primary N) is 2. The minimum atomic E-state index is 0.460. The van der Waals surface area contributed by atoms with Gasteiger partial charge in [-0.15, -0.1) is 0 Å². The Morgan fingerprint density at radius 3 is 3.08 bits per heavy atom. The first-order chi connectivity index (χ1) is 5.77. The molecule has 4 heteroatoms. The van der Waals surface area contributed by atoms with Gasteiger partial charge < -0.3 is 16.2 Å². The predicted molar refractivity (Wildman–Crippen MR) is 52.1 cm³/mol. The normalized spacial score (nSPS) is 23.1. The van der Waals surface area contributed by atoms with Gasteiger partial charge in [0, 0.05) is 12.7 Å². The molecule has 1 fully saturated rings. The highest BCUT2D eigenvalue weighted by Crippen LogP contribution is 2.33. The summed E-state index contributed by atoms with van der Waals surface area (Å²) in [6.45, 7) is 4.23. The third-order valence-electron chi connectivity index (χ3n) is 1.42. The Bertz CT molecular complexity index is 245. The molecule has 0 aliphatic carbocycles. The van der Waals surface area contributed by atoms with E-state index in [1.165, 1.54) is 6.20 Å². The van der Waals surface area contributed by atoms with Crippen molar-refractivity contribution in [1.82, 2.24) is 0 Å². The van der Waals surface area contributed by atoms with Crippen LogP contribution in [0.5, 0.6) is 0 Å². The van der Waals surface area contributed by atoms with Gasteiger partial charge in [0.1, 0.15) is 11.7 Å². The van der Waals surface area contributed by atoms with Crippen LogP contribution in [0.15, 0.2) is 35.1 Å². The summed E-state index contributed by atoms with van der Waals surface area (Å²) in [6.07, 6.45) is 3.35. The molecule has 4 N–H and O–H groups in total. The lowest BCUT2D eigenvalue weighted by Crippen LogP contribution is -2.00. The molecule has 12 heavy (non-hydrogen) atoms. The van der Waals surface area contributed by atoms with Crippen molar-refractivity contribution in [3.63, 3.8) is 0 Å². The first-order valence-corrected chi connectivity index (χ1v) is 4.54. The van der Waals surface area contributed by atoms with Crippen LogP contribution in [-0.4, -0.2) is 12.5 Å². The van der Waals surface area contributed by atoms with Crippen molar-refractivity contribution in [2.24, 2.45) is 11.5 Å². The zero-order valence-corrected chi connectivity index (χ0v) is 7.56. The Kier molecular flexibility index (Phi) is 3.25. The molecule has 0 bridgehead atoms. The summed E-state index contributed by atoms with van der Waals surface area (Å²) < 4.78 is 5.21. The predicted octanol–water partition coefficient (Wildman–Crippen LogP) is 0.906. The van der Waals surface area contributed by atoms with Gasteiger partial charge >= 0.3 is 0 Å². The molecule has 3 nitrogen and oxygen atoms in total. The summed E-state index contributed by atoms with van der Waals surface area (Å²) in [6, 6.07) is 0. The van der Waals surface area contributed by atoms with E-state index in [0.29, 0.717) is 12.5 Å². The Morgan fingerprint density at radius 2 is 2.50 bits per heavy atom. The average Bonchev–Trinajstić information content (AvgIpc) is 2.51. The lowest BCUT2D eigenvalue weighted by Gasteiger charge is -1.97. The lowest BCUT2D eigenvalue weighted by atomic mass is 10.2. The van der Waals surface area contributed by atoms with E-state index in [1.807, 2.05) is 6.08 Å². The third-order valence-corrected chi connectivity index (χ3v) is 2.29. The molecule has 0 amide bonds. The fourth-order valence-electron chi connectivity index (χ4n) is 0.786. The molecule has 0 aromatic heterocycles. The van der Waals surface area contributed by atoms with Crippen molar-refractivity contribution in [2.75, 3.05) is 12.5 Å². The molecule has 0 spiro atoms. The highest BCUT2D eigenvalue weighted by atomic mass is 32.2. The van der Waals surface area contributed by atoms with Gasteiger partial charge in [0.25, 0.3) is 0 Å². The largest absolute Gasteiger partial charge is 0.480 e. The molecule has 0 aromatic rings. The summed E-state index contributed by atoms with van der Waals surface area (Å²) in [5.41, 5.74) is 11.6. The van der Waals surface area contributed by atoms with Gasteiger partial charge in [-0.25, -0.2) is 0 Å². The van der Waals surface area contributed by atoms with Gasteiger partial charge in [0.05, 0.1) is 4.91 Å². The third kappa shape index (κ3) is 2.06. The minimum absolute atomic E-state index is 0.460. The van der Waals surface area contributed by atoms with Crippen molar-refractivity contribution >= 4 is 11.8 Å². The average molecular weight is 184 g/mol. The van der Waals surface area contributed by atoms with Crippen LogP contribution in [0.2, 0.25) is 0 Å². The van der Waals surface area contributed by atoms with Crippen LogP contribution < -0.4 is 11.5 Å². The molecule has 0 unspecified atom stereocenters. The minimum Gasteiger partial charge on any atom is -0.480 e. The maximum Gasteiger partial charge on any atom is 0.149 e. The topological polar surface area (TPSA) is 61.3 Å². The van der Waals surface area contributed by atoms with E-state index < -0.39 is 0 Å². The van der Waals surface area contributed by atoms with E-state index in [2.05, 4.69) is 6.58 Å². The van der Waals surface area contributed by atoms with E-state index >= 15 is 0 Å². The fraction of sp³-hybridized carbons (Fsp3) is 0.250. The van der Waals surface area contributed by atoms with Crippen LogP contribution in [0, 0.1) is 0 Å². The van der Waals surface area contributed by atoms with Crippen LogP contribution in [0.25, 0.3) is 0 Å². The molecule has 0 atom stereocenters. The quantitative estimate of drug-likeness (QED) is 0.669.